The minimum Gasteiger partial charge on any atom is -0.491 e. The van der Waals surface area contributed by atoms with E-state index in [-0.39, 0.29) is 42.9 Å². The summed E-state index contributed by atoms with van der Waals surface area (Å²) in [6.07, 6.45) is -3.31. The Morgan fingerprint density at radius 1 is 1.28 bits per heavy atom. The summed E-state index contributed by atoms with van der Waals surface area (Å²) in [6, 6.07) is 4.94. The summed E-state index contributed by atoms with van der Waals surface area (Å²) in [6.45, 7) is 10.2. The third kappa shape index (κ3) is 10.6. The number of guanidine groups is 1. The first-order valence-electron chi connectivity index (χ1n) is 10.9. The van der Waals surface area contributed by atoms with Crippen LogP contribution in [0, 0.1) is 5.92 Å². The number of hydrogen-bond donors (Lipinski definition) is 3. The Bertz CT molecular complexity index is 696. The minimum atomic E-state index is -4.43. The number of alkyl halides is 3. The lowest BCUT2D eigenvalue weighted by atomic mass is 10.0. The fraction of sp³-hybridized carbons (Fsp3) is 0.682. The number of aliphatic hydroxyl groups excluding tert-OH is 1. The van der Waals surface area contributed by atoms with Crippen LogP contribution in [0.2, 0.25) is 0 Å². The lowest BCUT2D eigenvalue weighted by molar-refractivity contribution is -0.137. The number of likely N-dealkylation sites (tertiary alicyclic amines) is 1. The molecule has 0 aliphatic carbocycles. The molecule has 10 heteroatoms. The molecule has 0 saturated carbocycles. The number of nitrogens with one attached hydrogen (secondary N) is 2. The highest BCUT2D eigenvalue weighted by Gasteiger charge is 2.30. The van der Waals surface area contributed by atoms with Crippen molar-refractivity contribution in [2.75, 3.05) is 39.3 Å². The van der Waals surface area contributed by atoms with Crippen molar-refractivity contribution in [1.29, 1.82) is 0 Å². The largest absolute Gasteiger partial charge is 0.491 e. The van der Waals surface area contributed by atoms with Gasteiger partial charge >= 0.3 is 6.18 Å². The van der Waals surface area contributed by atoms with E-state index in [2.05, 4.69) is 34.4 Å². The standard InChI is InChI=1S/C22H35F3N4O2.HI/c1-4-26-21(28-18-8-10-29(11-9-18)14-16(2)3)27-13-19(30)15-31-20-7-5-6-17(12-20)22(23,24)25;/h5-7,12,16,18-19,30H,4,8-11,13-15H2,1-3H3,(H2,26,27,28);1H. The molecule has 1 aromatic rings. The van der Waals surface area contributed by atoms with Crippen molar-refractivity contribution in [3.8, 4) is 5.75 Å². The van der Waals surface area contributed by atoms with Gasteiger partial charge in [-0.05, 0) is 43.9 Å². The summed E-state index contributed by atoms with van der Waals surface area (Å²) in [4.78, 5) is 6.89. The van der Waals surface area contributed by atoms with Gasteiger partial charge in [-0.25, -0.2) is 0 Å². The lowest BCUT2D eigenvalue weighted by Crippen LogP contribution is -2.49. The highest BCUT2D eigenvalue weighted by Crippen LogP contribution is 2.31. The van der Waals surface area contributed by atoms with Crippen LogP contribution in [0.4, 0.5) is 13.2 Å². The zero-order valence-electron chi connectivity index (χ0n) is 19.0. The molecule has 0 radical (unpaired) electrons. The van der Waals surface area contributed by atoms with Crippen molar-refractivity contribution in [3.05, 3.63) is 29.8 Å². The molecular formula is C22H36F3IN4O2. The number of halogens is 4. The maximum absolute atomic E-state index is 12.8. The molecule has 0 aromatic heterocycles. The topological polar surface area (TPSA) is 69.1 Å². The Morgan fingerprint density at radius 2 is 1.97 bits per heavy atom. The Hall–Kier alpha value is -1.27. The van der Waals surface area contributed by atoms with E-state index in [4.69, 9.17) is 4.74 Å². The van der Waals surface area contributed by atoms with Gasteiger partial charge in [-0.3, -0.25) is 4.99 Å². The van der Waals surface area contributed by atoms with Crippen LogP contribution in [-0.4, -0.2) is 67.4 Å². The summed E-state index contributed by atoms with van der Waals surface area (Å²) in [5.41, 5.74) is -0.782. The summed E-state index contributed by atoms with van der Waals surface area (Å²) < 4.78 is 43.7. The van der Waals surface area contributed by atoms with Crippen molar-refractivity contribution < 1.29 is 23.0 Å². The van der Waals surface area contributed by atoms with Gasteiger partial charge in [0.05, 0.1) is 12.1 Å². The van der Waals surface area contributed by atoms with E-state index in [0.717, 1.165) is 44.6 Å². The molecule has 184 valence electrons. The molecule has 32 heavy (non-hydrogen) atoms. The molecule has 0 bridgehead atoms. The fourth-order valence-electron chi connectivity index (χ4n) is 3.49. The predicted octanol–water partition coefficient (Wildman–Crippen LogP) is 3.74. The van der Waals surface area contributed by atoms with Gasteiger partial charge in [0.15, 0.2) is 5.96 Å². The summed E-state index contributed by atoms with van der Waals surface area (Å²) in [5.74, 6) is 1.35. The van der Waals surface area contributed by atoms with E-state index in [1.807, 2.05) is 6.92 Å². The second kappa shape index (κ2) is 14.1. The third-order valence-corrected chi connectivity index (χ3v) is 4.96. The van der Waals surface area contributed by atoms with Gasteiger partial charge in [0.1, 0.15) is 18.5 Å². The molecular weight excluding hydrogens is 536 g/mol. The SMILES string of the molecule is CCNC(=NCC(O)COc1cccc(C(F)(F)F)c1)NC1CCN(CC(C)C)CC1.I. The van der Waals surface area contributed by atoms with Gasteiger partial charge in [-0.2, -0.15) is 13.2 Å². The van der Waals surface area contributed by atoms with Crippen LogP contribution in [0.5, 0.6) is 5.75 Å². The van der Waals surface area contributed by atoms with Crippen LogP contribution >= 0.6 is 24.0 Å². The second-order valence-electron chi connectivity index (χ2n) is 8.32. The van der Waals surface area contributed by atoms with Gasteiger partial charge in [0.2, 0.25) is 0 Å². The van der Waals surface area contributed by atoms with E-state index in [1.54, 1.807) is 0 Å². The monoisotopic (exact) mass is 572 g/mol. The predicted molar refractivity (Wildman–Crippen MR) is 132 cm³/mol. The first-order valence-corrected chi connectivity index (χ1v) is 10.9. The maximum Gasteiger partial charge on any atom is 0.416 e. The van der Waals surface area contributed by atoms with Crippen molar-refractivity contribution >= 4 is 29.9 Å². The first-order chi connectivity index (χ1) is 14.7. The Balaban J connectivity index is 0.00000512. The molecule has 1 saturated heterocycles. The number of aliphatic imine (C=N–C) groups is 1. The number of nitrogens with zero attached hydrogens (tertiary/aromatic N) is 2. The van der Waals surface area contributed by atoms with Gasteiger partial charge in [0.25, 0.3) is 0 Å². The second-order valence-corrected chi connectivity index (χ2v) is 8.32. The van der Waals surface area contributed by atoms with E-state index < -0.39 is 17.8 Å². The van der Waals surface area contributed by atoms with Crippen LogP contribution in [-0.2, 0) is 6.18 Å². The molecule has 2 rings (SSSR count). The molecule has 0 spiro atoms. The molecule has 0 amide bonds. The Labute approximate surface area is 206 Å². The molecule has 3 N–H and O–H groups in total. The zero-order chi connectivity index (χ0) is 22.9. The summed E-state index contributed by atoms with van der Waals surface area (Å²) in [5, 5.41) is 16.8. The van der Waals surface area contributed by atoms with E-state index in [1.165, 1.54) is 12.1 Å². The van der Waals surface area contributed by atoms with E-state index >= 15 is 0 Å². The normalized spacial score (nSPS) is 17.1. The molecule has 1 heterocycles. The molecule has 1 fully saturated rings. The van der Waals surface area contributed by atoms with Crippen LogP contribution in [0.25, 0.3) is 0 Å². The zero-order valence-corrected chi connectivity index (χ0v) is 21.3. The number of ether oxygens (including phenoxy) is 1. The van der Waals surface area contributed by atoms with E-state index in [0.29, 0.717) is 24.5 Å². The quantitative estimate of drug-likeness (QED) is 0.239. The number of aliphatic hydroxyl groups is 1. The Morgan fingerprint density at radius 3 is 2.56 bits per heavy atom. The number of rotatable bonds is 9. The highest BCUT2D eigenvalue weighted by atomic mass is 127. The van der Waals surface area contributed by atoms with Gasteiger partial charge in [0, 0.05) is 32.2 Å². The van der Waals surface area contributed by atoms with Crippen LogP contribution in [0.1, 0.15) is 39.2 Å². The average molecular weight is 572 g/mol. The van der Waals surface area contributed by atoms with Crippen molar-refractivity contribution in [2.45, 2.75) is 51.9 Å². The molecule has 1 unspecified atom stereocenters. The van der Waals surface area contributed by atoms with Gasteiger partial charge in [-0.1, -0.05) is 19.9 Å². The number of piperidine rings is 1. The minimum absolute atomic E-state index is 0. The number of hydrogen-bond acceptors (Lipinski definition) is 4. The van der Waals surface area contributed by atoms with Crippen molar-refractivity contribution in [1.82, 2.24) is 15.5 Å². The smallest absolute Gasteiger partial charge is 0.416 e. The average Bonchev–Trinajstić information content (AvgIpc) is 2.71. The molecule has 1 aliphatic rings. The van der Waals surface area contributed by atoms with Crippen LogP contribution in [0.3, 0.4) is 0 Å². The Kier molecular flexibility index (Phi) is 12.7. The summed E-state index contributed by atoms with van der Waals surface area (Å²) >= 11 is 0. The van der Waals surface area contributed by atoms with Crippen LogP contribution < -0.4 is 15.4 Å². The maximum atomic E-state index is 12.8. The van der Waals surface area contributed by atoms with Crippen LogP contribution in [0.15, 0.2) is 29.3 Å². The first kappa shape index (κ1) is 28.8. The molecule has 1 aliphatic heterocycles. The molecule has 1 aromatic carbocycles. The summed E-state index contributed by atoms with van der Waals surface area (Å²) in [7, 11) is 0. The molecule has 6 nitrogen and oxygen atoms in total. The third-order valence-electron chi connectivity index (χ3n) is 4.96. The lowest BCUT2D eigenvalue weighted by Gasteiger charge is -2.34. The fourth-order valence-corrected chi connectivity index (χ4v) is 3.49. The number of benzene rings is 1. The van der Waals surface area contributed by atoms with Gasteiger partial charge < -0.3 is 25.4 Å². The van der Waals surface area contributed by atoms with Crippen molar-refractivity contribution in [2.24, 2.45) is 10.9 Å². The van der Waals surface area contributed by atoms with Gasteiger partial charge in [-0.15, -0.1) is 24.0 Å². The molecule has 1 atom stereocenters. The van der Waals surface area contributed by atoms with E-state index in [9.17, 15) is 18.3 Å². The van der Waals surface area contributed by atoms with Crippen molar-refractivity contribution in [3.63, 3.8) is 0 Å². The highest BCUT2D eigenvalue weighted by molar-refractivity contribution is 14.0.